The van der Waals surface area contributed by atoms with Crippen LogP contribution >= 0.6 is 0 Å². The summed E-state index contributed by atoms with van der Waals surface area (Å²) >= 11 is 0. The van der Waals surface area contributed by atoms with Crippen LogP contribution in [0.4, 0.5) is 0 Å². The molecule has 0 saturated carbocycles. The van der Waals surface area contributed by atoms with E-state index in [1.807, 2.05) is 27.7 Å². The summed E-state index contributed by atoms with van der Waals surface area (Å²) in [6, 6.07) is 0. The van der Waals surface area contributed by atoms with Crippen LogP contribution in [0.5, 0.6) is 0 Å². The van der Waals surface area contributed by atoms with Crippen LogP contribution in [0, 0.1) is 5.92 Å². The van der Waals surface area contributed by atoms with Gasteiger partial charge in [-0.1, -0.05) is 6.92 Å². The number of rotatable bonds is 1. The molecule has 1 aliphatic rings. The quantitative estimate of drug-likeness (QED) is 0.666. The molecule has 4 nitrogen and oxygen atoms in total. The van der Waals surface area contributed by atoms with Crippen LogP contribution in [0.25, 0.3) is 0 Å². The highest BCUT2D eigenvalue weighted by Crippen LogP contribution is 2.03. The van der Waals surface area contributed by atoms with E-state index in [0.29, 0.717) is 12.3 Å². The first-order chi connectivity index (χ1) is 6.87. The standard InChI is InChI=1S/C6H11NO.C5H10O2/c1-5-4-7-3-2-6(5)8;1-5(2,3)7-4-6/h5,7H,2-4H2,1H3;4H,1-3H3. The third kappa shape index (κ3) is 8.12. The van der Waals surface area contributed by atoms with E-state index in [4.69, 9.17) is 0 Å². The molecular weight excluding hydrogens is 194 g/mol. The smallest absolute Gasteiger partial charge is 0.293 e. The van der Waals surface area contributed by atoms with Crippen molar-refractivity contribution in [1.82, 2.24) is 5.32 Å². The third-order valence-electron chi connectivity index (χ3n) is 1.95. The molecule has 0 amide bonds. The zero-order valence-corrected chi connectivity index (χ0v) is 10.0. The van der Waals surface area contributed by atoms with Gasteiger partial charge in [-0.05, 0) is 20.8 Å². The second-order valence-electron chi connectivity index (χ2n) is 4.65. The van der Waals surface area contributed by atoms with E-state index in [0.717, 1.165) is 19.5 Å². The zero-order valence-electron chi connectivity index (χ0n) is 10.0. The molecule has 0 aromatic carbocycles. The minimum absolute atomic E-state index is 0.253. The summed E-state index contributed by atoms with van der Waals surface area (Å²) in [5.74, 6) is 0.660. The van der Waals surface area contributed by atoms with Gasteiger partial charge in [-0.3, -0.25) is 9.59 Å². The van der Waals surface area contributed by atoms with Crippen LogP contribution < -0.4 is 5.32 Å². The molecule has 1 unspecified atom stereocenters. The summed E-state index contributed by atoms with van der Waals surface area (Å²) < 4.78 is 4.55. The fourth-order valence-electron chi connectivity index (χ4n) is 1.03. The number of carbonyl (C=O) groups is 2. The number of Topliss-reactive ketones (excluding diaryl/α,β-unsaturated/α-hetero) is 1. The average molecular weight is 215 g/mol. The van der Waals surface area contributed by atoms with Crippen molar-refractivity contribution in [3.8, 4) is 0 Å². The van der Waals surface area contributed by atoms with Crippen LogP contribution in [-0.2, 0) is 14.3 Å². The monoisotopic (exact) mass is 215 g/mol. The molecule has 0 bridgehead atoms. The molecule has 0 aromatic heterocycles. The minimum atomic E-state index is -0.318. The van der Waals surface area contributed by atoms with Gasteiger partial charge >= 0.3 is 0 Å². The lowest BCUT2D eigenvalue weighted by molar-refractivity contribution is -0.138. The number of ether oxygens (including phenoxy) is 1. The predicted octanol–water partition coefficient (Wildman–Crippen LogP) is 1.14. The second-order valence-corrected chi connectivity index (χ2v) is 4.65. The Bertz CT molecular complexity index is 208. The lowest BCUT2D eigenvalue weighted by atomic mass is 10.0. The molecular formula is C11H21NO3. The van der Waals surface area contributed by atoms with Gasteiger partial charge in [-0.15, -0.1) is 0 Å². The summed E-state index contributed by atoms with van der Waals surface area (Å²) in [5, 5.41) is 3.14. The van der Waals surface area contributed by atoms with E-state index in [1.165, 1.54) is 0 Å². The second kappa shape index (κ2) is 6.56. The Hall–Kier alpha value is -0.900. The van der Waals surface area contributed by atoms with E-state index < -0.39 is 0 Å². The number of nitrogens with one attached hydrogen (secondary N) is 1. The summed E-state index contributed by atoms with van der Waals surface area (Å²) in [4.78, 5) is 20.4. The topological polar surface area (TPSA) is 55.4 Å². The summed E-state index contributed by atoms with van der Waals surface area (Å²) in [7, 11) is 0. The molecule has 0 aromatic rings. The molecule has 4 heteroatoms. The highest BCUT2D eigenvalue weighted by Gasteiger charge is 2.15. The molecule has 88 valence electrons. The Morgan fingerprint density at radius 3 is 2.27 bits per heavy atom. The molecule has 1 heterocycles. The maximum absolute atomic E-state index is 10.8. The van der Waals surface area contributed by atoms with Crippen LogP contribution in [0.2, 0.25) is 0 Å². The summed E-state index contributed by atoms with van der Waals surface area (Å²) in [6.07, 6.45) is 0.723. The van der Waals surface area contributed by atoms with Crippen LogP contribution in [0.3, 0.4) is 0 Å². The van der Waals surface area contributed by atoms with Gasteiger partial charge in [0.05, 0.1) is 0 Å². The zero-order chi connectivity index (χ0) is 11.9. The van der Waals surface area contributed by atoms with E-state index in [1.54, 1.807) is 0 Å². The van der Waals surface area contributed by atoms with Gasteiger partial charge in [0.25, 0.3) is 6.47 Å². The van der Waals surface area contributed by atoms with Crippen molar-refractivity contribution in [2.45, 2.75) is 39.7 Å². The van der Waals surface area contributed by atoms with Gasteiger partial charge in [0.15, 0.2) is 0 Å². The molecule has 1 N–H and O–H groups in total. The molecule has 0 aliphatic carbocycles. The number of piperidine rings is 1. The molecule has 1 rings (SSSR count). The molecule has 1 aliphatic heterocycles. The van der Waals surface area contributed by atoms with E-state index >= 15 is 0 Å². The van der Waals surface area contributed by atoms with Crippen molar-refractivity contribution < 1.29 is 14.3 Å². The van der Waals surface area contributed by atoms with Crippen molar-refractivity contribution >= 4 is 12.3 Å². The Kier molecular flexibility index (Phi) is 6.17. The number of hydrogen-bond donors (Lipinski definition) is 1. The highest BCUT2D eigenvalue weighted by atomic mass is 16.5. The predicted molar refractivity (Wildman–Crippen MR) is 58.6 cm³/mol. The average Bonchev–Trinajstić information content (AvgIpc) is 2.09. The molecule has 15 heavy (non-hydrogen) atoms. The van der Waals surface area contributed by atoms with Gasteiger partial charge in [0.1, 0.15) is 11.4 Å². The fraction of sp³-hybridized carbons (Fsp3) is 0.818. The van der Waals surface area contributed by atoms with Crippen molar-refractivity contribution in [2.75, 3.05) is 13.1 Å². The first kappa shape index (κ1) is 14.1. The number of carbonyl (C=O) groups excluding carboxylic acids is 2. The number of hydrogen-bond acceptors (Lipinski definition) is 4. The first-order valence-corrected chi connectivity index (χ1v) is 5.21. The van der Waals surface area contributed by atoms with Crippen LogP contribution in [0.15, 0.2) is 0 Å². The largest absolute Gasteiger partial charge is 0.462 e. The third-order valence-corrected chi connectivity index (χ3v) is 1.95. The number of ketones is 1. The van der Waals surface area contributed by atoms with Crippen LogP contribution in [-0.4, -0.2) is 30.9 Å². The Balaban J connectivity index is 0.000000265. The normalized spacial score (nSPS) is 21.3. The molecule has 0 radical (unpaired) electrons. The van der Waals surface area contributed by atoms with Crippen molar-refractivity contribution in [3.63, 3.8) is 0 Å². The maximum Gasteiger partial charge on any atom is 0.293 e. The van der Waals surface area contributed by atoms with E-state index in [2.05, 4.69) is 10.1 Å². The van der Waals surface area contributed by atoms with Gasteiger partial charge in [-0.2, -0.15) is 0 Å². The molecule has 0 spiro atoms. The Morgan fingerprint density at radius 1 is 1.47 bits per heavy atom. The lowest BCUT2D eigenvalue weighted by Gasteiger charge is -2.16. The van der Waals surface area contributed by atoms with Gasteiger partial charge in [0, 0.05) is 25.4 Å². The van der Waals surface area contributed by atoms with Crippen molar-refractivity contribution in [3.05, 3.63) is 0 Å². The first-order valence-electron chi connectivity index (χ1n) is 5.21. The van der Waals surface area contributed by atoms with Gasteiger partial charge in [-0.25, -0.2) is 0 Å². The molecule has 1 saturated heterocycles. The molecule has 1 fully saturated rings. The maximum atomic E-state index is 10.8. The lowest BCUT2D eigenvalue weighted by Crippen LogP contribution is -2.34. The summed E-state index contributed by atoms with van der Waals surface area (Å²) in [6.45, 7) is 9.64. The minimum Gasteiger partial charge on any atom is -0.462 e. The molecule has 1 atom stereocenters. The Labute approximate surface area is 91.4 Å². The Morgan fingerprint density at radius 2 is 2.07 bits per heavy atom. The van der Waals surface area contributed by atoms with Crippen molar-refractivity contribution in [1.29, 1.82) is 0 Å². The van der Waals surface area contributed by atoms with E-state index in [9.17, 15) is 9.59 Å². The van der Waals surface area contributed by atoms with Crippen LogP contribution in [0.1, 0.15) is 34.1 Å². The van der Waals surface area contributed by atoms with Crippen molar-refractivity contribution in [2.24, 2.45) is 5.92 Å². The van der Waals surface area contributed by atoms with Gasteiger partial charge in [0.2, 0.25) is 0 Å². The SMILES string of the molecule is CC(C)(C)OC=O.CC1CNCCC1=O. The van der Waals surface area contributed by atoms with E-state index in [-0.39, 0.29) is 11.5 Å². The summed E-state index contributed by atoms with van der Waals surface area (Å²) in [5.41, 5.74) is -0.318. The highest BCUT2D eigenvalue weighted by molar-refractivity contribution is 5.81. The van der Waals surface area contributed by atoms with Gasteiger partial charge < -0.3 is 10.1 Å². The fourth-order valence-corrected chi connectivity index (χ4v) is 1.03.